The Morgan fingerprint density at radius 3 is 2.60 bits per heavy atom. The van der Waals surface area contributed by atoms with Gasteiger partial charge in [-0.05, 0) is 25.7 Å². The van der Waals surface area contributed by atoms with Gasteiger partial charge in [0, 0.05) is 12.3 Å². The highest BCUT2D eigenvalue weighted by Gasteiger charge is 2.32. The van der Waals surface area contributed by atoms with Gasteiger partial charge in [-0.25, -0.2) is 22.9 Å². The van der Waals surface area contributed by atoms with Gasteiger partial charge in [0.1, 0.15) is 15.7 Å². The number of aromatic nitrogens is 3. The van der Waals surface area contributed by atoms with Crippen LogP contribution in [-0.4, -0.2) is 45.8 Å². The van der Waals surface area contributed by atoms with Crippen LogP contribution < -0.4 is 0 Å². The summed E-state index contributed by atoms with van der Waals surface area (Å²) < 4.78 is 24.4. The quantitative estimate of drug-likeness (QED) is 0.854. The molecule has 0 aliphatic carbocycles. The number of carboxylic acids is 1. The second-order valence-corrected chi connectivity index (χ2v) is 7.81. The van der Waals surface area contributed by atoms with Crippen LogP contribution in [0.1, 0.15) is 49.3 Å². The molecule has 8 heteroatoms. The van der Waals surface area contributed by atoms with Crippen LogP contribution >= 0.6 is 0 Å². The van der Waals surface area contributed by atoms with E-state index in [9.17, 15) is 18.3 Å². The fraction of sp³-hybridized carbons (Fsp3) is 0.750. The second-order valence-electron chi connectivity index (χ2n) is 5.50. The van der Waals surface area contributed by atoms with Crippen LogP contribution in [0.25, 0.3) is 0 Å². The SMILES string of the molecule is O=C(O)C1CCCc2nc(C3CCS(=O)(=O)CC3)nn21. The molecule has 110 valence electrons. The molecule has 3 rings (SSSR count). The molecular weight excluding hydrogens is 282 g/mol. The molecule has 1 aromatic heterocycles. The van der Waals surface area contributed by atoms with Crippen molar-refractivity contribution >= 4 is 15.8 Å². The van der Waals surface area contributed by atoms with Crippen molar-refractivity contribution in [2.75, 3.05) is 11.5 Å². The van der Waals surface area contributed by atoms with Gasteiger partial charge >= 0.3 is 5.97 Å². The van der Waals surface area contributed by atoms with Crippen molar-refractivity contribution in [2.45, 2.75) is 44.1 Å². The lowest BCUT2D eigenvalue weighted by atomic mass is 10.0. The number of carbonyl (C=O) groups is 1. The molecule has 1 fully saturated rings. The molecular formula is C12H17N3O4S. The van der Waals surface area contributed by atoms with E-state index in [2.05, 4.69) is 10.1 Å². The van der Waals surface area contributed by atoms with Crippen LogP contribution in [0, 0.1) is 0 Å². The zero-order valence-corrected chi connectivity index (χ0v) is 11.8. The molecule has 1 atom stereocenters. The van der Waals surface area contributed by atoms with E-state index in [1.54, 1.807) is 0 Å². The molecule has 0 aromatic carbocycles. The molecule has 2 aliphatic rings. The first kappa shape index (κ1) is 13.5. The van der Waals surface area contributed by atoms with Gasteiger partial charge in [-0.3, -0.25) is 0 Å². The summed E-state index contributed by atoms with van der Waals surface area (Å²) in [5.41, 5.74) is 0. The number of rotatable bonds is 2. The van der Waals surface area contributed by atoms with Crippen LogP contribution in [0.2, 0.25) is 0 Å². The number of carboxylic acid groups (broad SMARTS) is 1. The summed E-state index contributed by atoms with van der Waals surface area (Å²) in [6.07, 6.45) is 3.17. The molecule has 1 unspecified atom stereocenters. The first-order chi connectivity index (χ1) is 9.46. The van der Waals surface area contributed by atoms with E-state index >= 15 is 0 Å². The lowest BCUT2D eigenvalue weighted by molar-refractivity contribution is -0.141. The van der Waals surface area contributed by atoms with Crippen molar-refractivity contribution in [1.29, 1.82) is 0 Å². The second kappa shape index (κ2) is 4.83. The molecule has 2 aliphatic heterocycles. The minimum absolute atomic E-state index is 0.0334. The van der Waals surface area contributed by atoms with Crippen LogP contribution in [0.4, 0.5) is 0 Å². The van der Waals surface area contributed by atoms with Crippen molar-refractivity contribution in [3.8, 4) is 0 Å². The smallest absolute Gasteiger partial charge is 0.328 e. The molecule has 1 aromatic rings. The highest BCUT2D eigenvalue weighted by atomic mass is 32.2. The van der Waals surface area contributed by atoms with E-state index in [4.69, 9.17) is 0 Å². The Labute approximate surface area is 116 Å². The first-order valence-electron chi connectivity index (χ1n) is 6.85. The number of aliphatic carboxylic acids is 1. The summed E-state index contributed by atoms with van der Waals surface area (Å²) in [6.45, 7) is 0. The fourth-order valence-corrected chi connectivity index (χ4v) is 4.41. The maximum absolute atomic E-state index is 11.4. The van der Waals surface area contributed by atoms with Crippen LogP contribution in [0.3, 0.4) is 0 Å². The Morgan fingerprint density at radius 2 is 1.95 bits per heavy atom. The summed E-state index contributed by atoms with van der Waals surface area (Å²) in [5.74, 6) is 0.822. The van der Waals surface area contributed by atoms with E-state index in [0.29, 0.717) is 30.9 Å². The average molecular weight is 299 g/mol. The number of fused-ring (bicyclic) bond motifs is 1. The molecule has 0 spiro atoms. The van der Waals surface area contributed by atoms with Crippen LogP contribution in [0.15, 0.2) is 0 Å². The summed E-state index contributed by atoms with van der Waals surface area (Å²) >= 11 is 0. The zero-order chi connectivity index (χ0) is 14.3. The van der Waals surface area contributed by atoms with Crippen LogP contribution in [0.5, 0.6) is 0 Å². The molecule has 0 radical (unpaired) electrons. The van der Waals surface area contributed by atoms with Crippen molar-refractivity contribution in [2.24, 2.45) is 0 Å². The van der Waals surface area contributed by atoms with E-state index in [0.717, 1.165) is 12.8 Å². The highest BCUT2D eigenvalue weighted by Crippen LogP contribution is 2.30. The monoisotopic (exact) mass is 299 g/mol. The number of aryl methyl sites for hydroxylation is 1. The maximum atomic E-state index is 11.4. The summed E-state index contributed by atoms with van der Waals surface area (Å²) in [4.78, 5) is 15.7. The van der Waals surface area contributed by atoms with Crippen molar-refractivity contribution in [3.05, 3.63) is 11.6 Å². The Hall–Kier alpha value is -1.44. The van der Waals surface area contributed by atoms with Gasteiger partial charge in [0.15, 0.2) is 11.9 Å². The predicted octanol–water partition coefficient (Wildman–Crippen LogP) is 0.532. The molecule has 0 saturated carbocycles. The van der Waals surface area contributed by atoms with Crippen molar-refractivity contribution in [3.63, 3.8) is 0 Å². The van der Waals surface area contributed by atoms with Gasteiger partial charge in [0.25, 0.3) is 0 Å². The average Bonchev–Trinajstić information content (AvgIpc) is 2.81. The van der Waals surface area contributed by atoms with E-state index in [-0.39, 0.29) is 17.4 Å². The lowest BCUT2D eigenvalue weighted by Crippen LogP contribution is -2.26. The number of nitrogens with zero attached hydrogens (tertiary/aromatic N) is 3. The molecule has 0 bridgehead atoms. The zero-order valence-electron chi connectivity index (χ0n) is 11.0. The highest BCUT2D eigenvalue weighted by molar-refractivity contribution is 7.91. The molecule has 1 N–H and O–H groups in total. The van der Waals surface area contributed by atoms with E-state index in [1.165, 1.54) is 4.68 Å². The largest absolute Gasteiger partial charge is 0.480 e. The standard InChI is InChI=1S/C12H17N3O4S/c16-12(17)9-2-1-3-10-13-11(14-15(9)10)8-4-6-20(18,19)7-5-8/h8-9H,1-7H2,(H,16,17). The van der Waals surface area contributed by atoms with E-state index in [1.807, 2.05) is 0 Å². The lowest BCUT2D eigenvalue weighted by Gasteiger charge is -2.19. The van der Waals surface area contributed by atoms with E-state index < -0.39 is 21.8 Å². The molecule has 7 nitrogen and oxygen atoms in total. The number of hydrogen-bond acceptors (Lipinski definition) is 5. The molecule has 1 saturated heterocycles. The van der Waals surface area contributed by atoms with Crippen LogP contribution in [-0.2, 0) is 21.1 Å². The summed E-state index contributed by atoms with van der Waals surface area (Å²) in [7, 11) is -2.91. The van der Waals surface area contributed by atoms with Crippen molar-refractivity contribution < 1.29 is 18.3 Å². The molecule has 0 amide bonds. The summed E-state index contributed by atoms with van der Waals surface area (Å²) in [5, 5.41) is 13.6. The minimum atomic E-state index is -2.91. The third-order valence-corrected chi connectivity index (χ3v) is 5.81. The molecule has 3 heterocycles. The number of sulfone groups is 1. The Balaban J connectivity index is 1.85. The third kappa shape index (κ3) is 2.44. The molecule has 20 heavy (non-hydrogen) atoms. The first-order valence-corrected chi connectivity index (χ1v) is 8.67. The topological polar surface area (TPSA) is 102 Å². The van der Waals surface area contributed by atoms with Crippen molar-refractivity contribution in [1.82, 2.24) is 14.8 Å². The fourth-order valence-electron chi connectivity index (χ4n) is 2.92. The summed E-state index contributed by atoms with van der Waals surface area (Å²) in [6, 6.07) is -0.632. The Morgan fingerprint density at radius 1 is 1.25 bits per heavy atom. The van der Waals surface area contributed by atoms with Gasteiger partial charge in [0.05, 0.1) is 11.5 Å². The van der Waals surface area contributed by atoms with Gasteiger partial charge in [-0.15, -0.1) is 0 Å². The Kier molecular flexibility index (Phi) is 3.27. The van der Waals surface area contributed by atoms with Gasteiger partial charge in [-0.2, -0.15) is 5.10 Å². The number of hydrogen-bond donors (Lipinski definition) is 1. The Bertz CT molecular complexity index is 623. The van der Waals surface area contributed by atoms with Gasteiger partial charge in [-0.1, -0.05) is 0 Å². The minimum Gasteiger partial charge on any atom is -0.480 e. The maximum Gasteiger partial charge on any atom is 0.328 e. The normalized spacial score (nSPS) is 26.1. The third-order valence-electron chi connectivity index (χ3n) is 4.10. The van der Waals surface area contributed by atoms with Gasteiger partial charge < -0.3 is 5.11 Å². The van der Waals surface area contributed by atoms with Gasteiger partial charge in [0.2, 0.25) is 0 Å². The predicted molar refractivity (Wildman–Crippen MR) is 70.3 cm³/mol.